The van der Waals surface area contributed by atoms with E-state index in [1.165, 1.54) is 35.1 Å². The van der Waals surface area contributed by atoms with E-state index < -0.39 is 0 Å². The maximum atomic E-state index is 12.6. The molecule has 3 aromatic rings. The normalized spacial score (nSPS) is 16.5. The van der Waals surface area contributed by atoms with E-state index in [-0.39, 0.29) is 12.5 Å². The SMILES string of the molecule is Cc1nc(N2CCN(C(=O)COCc3ccccc3)CC2)c2c3c(sc2n1)CCCC3. The van der Waals surface area contributed by atoms with Gasteiger partial charge in [-0.05, 0) is 43.7 Å². The van der Waals surface area contributed by atoms with E-state index in [0.29, 0.717) is 19.7 Å². The third-order valence-electron chi connectivity index (χ3n) is 6.18. The number of piperazine rings is 1. The number of carbonyl (C=O) groups excluding carboxylic acids is 1. The molecular formula is C24H28N4O2S. The zero-order chi connectivity index (χ0) is 21.2. The van der Waals surface area contributed by atoms with Gasteiger partial charge in [-0.3, -0.25) is 4.79 Å². The van der Waals surface area contributed by atoms with Crippen molar-refractivity contribution >= 4 is 33.3 Å². The number of aryl methyl sites for hydroxylation is 3. The van der Waals surface area contributed by atoms with Gasteiger partial charge in [0.05, 0.1) is 12.0 Å². The summed E-state index contributed by atoms with van der Waals surface area (Å²) in [6.45, 7) is 5.55. The number of fused-ring (bicyclic) bond motifs is 3. The molecule has 0 radical (unpaired) electrons. The van der Waals surface area contributed by atoms with E-state index in [0.717, 1.165) is 41.5 Å². The van der Waals surface area contributed by atoms with E-state index in [4.69, 9.17) is 14.7 Å². The molecule has 0 atom stereocenters. The lowest BCUT2D eigenvalue weighted by Crippen LogP contribution is -2.50. The predicted octanol–water partition coefficient (Wildman–Crippen LogP) is 3.74. The van der Waals surface area contributed by atoms with Gasteiger partial charge in [-0.2, -0.15) is 0 Å². The minimum atomic E-state index is 0.0625. The minimum absolute atomic E-state index is 0.0625. The third-order valence-corrected chi connectivity index (χ3v) is 7.36. The smallest absolute Gasteiger partial charge is 0.248 e. The lowest BCUT2D eigenvalue weighted by molar-refractivity contribution is -0.136. The van der Waals surface area contributed by atoms with Crippen LogP contribution in [0.15, 0.2) is 30.3 Å². The van der Waals surface area contributed by atoms with Crippen molar-refractivity contribution in [2.45, 2.75) is 39.2 Å². The quantitative estimate of drug-likeness (QED) is 0.610. The molecule has 6 nitrogen and oxygen atoms in total. The molecule has 0 saturated carbocycles. The Morgan fingerprint density at radius 3 is 2.65 bits per heavy atom. The number of aromatic nitrogens is 2. The second-order valence-electron chi connectivity index (χ2n) is 8.33. The van der Waals surface area contributed by atoms with Gasteiger partial charge in [-0.1, -0.05) is 30.3 Å². The fourth-order valence-electron chi connectivity index (χ4n) is 4.56. The van der Waals surface area contributed by atoms with E-state index in [1.54, 1.807) is 0 Å². The average Bonchev–Trinajstić information content (AvgIpc) is 3.17. The summed E-state index contributed by atoms with van der Waals surface area (Å²) in [5.41, 5.74) is 2.55. The first-order chi connectivity index (χ1) is 15.2. The highest BCUT2D eigenvalue weighted by molar-refractivity contribution is 7.19. The van der Waals surface area contributed by atoms with Crippen molar-refractivity contribution in [1.29, 1.82) is 0 Å². The lowest BCUT2D eigenvalue weighted by Gasteiger charge is -2.36. The Kier molecular flexibility index (Phi) is 5.87. The molecule has 1 aliphatic heterocycles. The van der Waals surface area contributed by atoms with Crippen molar-refractivity contribution in [3.63, 3.8) is 0 Å². The lowest BCUT2D eigenvalue weighted by atomic mass is 9.97. The van der Waals surface area contributed by atoms with Gasteiger partial charge >= 0.3 is 0 Å². The maximum Gasteiger partial charge on any atom is 0.248 e. The van der Waals surface area contributed by atoms with Gasteiger partial charge in [0.1, 0.15) is 23.1 Å². The number of ether oxygens (including phenoxy) is 1. The molecule has 1 aliphatic carbocycles. The van der Waals surface area contributed by atoms with Crippen LogP contribution in [-0.4, -0.2) is 53.6 Å². The largest absolute Gasteiger partial charge is 0.367 e. The number of amides is 1. The van der Waals surface area contributed by atoms with Crippen LogP contribution in [0.4, 0.5) is 5.82 Å². The van der Waals surface area contributed by atoms with Crippen LogP contribution in [0.5, 0.6) is 0 Å². The zero-order valence-corrected chi connectivity index (χ0v) is 18.8. The molecular weight excluding hydrogens is 408 g/mol. The Morgan fingerprint density at radius 1 is 1.06 bits per heavy atom. The number of carbonyl (C=O) groups is 1. The molecule has 2 aromatic heterocycles. The molecule has 31 heavy (non-hydrogen) atoms. The Bertz CT molecular complexity index is 1070. The molecule has 7 heteroatoms. The standard InChI is InChI=1S/C24H28N4O2S/c1-17-25-23(22-19-9-5-6-10-20(19)31-24(22)26-17)28-13-11-27(12-14-28)21(29)16-30-15-18-7-3-2-4-8-18/h2-4,7-8H,5-6,9-16H2,1H3. The number of nitrogens with zero attached hydrogens (tertiary/aromatic N) is 4. The van der Waals surface area contributed by atoms with Gasteiger partial charge < -0.3 is 14.5 Å². The molecule has 1 saturated heterocycles. The predicted molar refractivity (Wildman–Crippen MR) is 124 cm³/mol. The maximum absolute atomic E-state index is 12.6. The van der Waals surface area contributed by atoms with Crippen molar-refractivity contribution in [3.8, 4) is 0 Å². The molecule has 0 N–H and O–H groups in total. The van der Waals surface area contributed by atoms with Gasteiger partial charge in [-0.15, -0.1) is 11.3 Å². The molecule has 0 spiro atoms. The van der Waals surface area contributed by atoms with Crippen molar-refractivity contribution in [2.24, 2.45) is 0 Å². The van der Waals surface area contributed by atoms with E-state index in [1.807, 2.05) is 53.5 Å². The fraction of sp³-hybridized carbons (Fsp3) is 0.458. The summed E-state index contributed by atoms with van der Waals surface area (Å²) in [6.07, 6.45) is 4.82. The van der Waals surface area contributed by atoms with Crippen LogP contribution >= 0.6 is 11.3 Å². The third kappa shape index (κ3) is 4.29. The number of benzene rings is 1. The summed E-state index contributed by atoms with van der Waals surface area (Å²) in [4.78, 5) is 29.1. The molecule has 5 rings (SSSR count). The molecule has 162 valence electrons. The summed E-state index contributed by atoms with van der Waals surface area (Å²) in [7, 11) is 0. The minimum Gasteiger partial charge on any atom is -0.367 e. The summed E-state index contributed by atoms with van der Waals surface area (Å²) in [6, 6.07) is 9.97. The first kappa shape index (κ1) is 20.4. The van der Waals surface area contributed by atoms with Crippen LogP contribution < -0.4 is 4.90 Å². The average molecular weight is 437 g/mol. The first-order valence-electron chi connectivity index (χ1n) is 11.1. The monoisotopic (exact) mass is 436 g/mol. The summed E-state index contributed by atoms with van der Waals surface area (Å²) in [5, 5.41) is 1.26. The Balaban J connectivity index is 1.24. The first-order valence-corrected chi connectivity index (χ1v) is 11.9. The van der Waals surface area contributed by atoms with Crippen LogP contribution in [0.1, 0.15) is 34.7 Å². The molecule has 1 amide bonds. The van der Waals surface area contributed by atoms with Crippen molar-refractivity contribution < 1.29 is 9.53 Å². The van der Waals surface area contributed by atoms with Gasteiger partial charge in [0.15, 0.2) is 0 Å². The van der Waals surface area contributed by atoms with E-state index >= 15 is 0 Å². The van der Waals surface area contributed by atoms with Gasteiger partial charge in [0.25, 0.3) is 0 Å². The van der Waals surface area contributed by atoms with Gasteiger partial charge in [-0.25, -0.2) is 9.97 Å². The van der Waals surface area contributed by atoms with Crippen LogP contribution in [0, 0.1) is 6.92 Å². The number of anilines is 1. The van der Waals surface area contributed by atoms with E-state index in [2.05, 4.69) is 4.90 Å². The number of thiophene rings is 1. The van der Waals surface area contributed by atoms with Crippen molar-refractivity contribution in [1.82, 2.24) is 14.9 Å². The summed E-state index contributed by atoms with van der Waals surface area (Å²) >= 11 is 1.85. The summed E-state index contributed by atoms with van der Waals surface area (Å²) in [5.74, 6) is 1.95. The number of hydrogen-bond acceptors (Lipinski definition) is 6. The molecule has 1 fully saturated rings. The second kappa shape index (κ2) is 8.93. The van der Waals surface area contributed by atoms with Crippen LogP contribution in [0.3, 0.4) is 0 Å². The summed E-state index contributed by atoms with van der Waals surface area (Å²) < 4.78 is 5.65. The zero-order valence-electron chi connectivity index (χ0n) is 18.0. The van der Waals surface area contributed by atoms with Crippen LogP contribution in [-0.2, 0) is 29.0 Å². The van der Waals surface area contributed by atoms with Crippen molar-refractivity contribution in [2.75, 3.05) is 37.7 Å². The number of hydrogen-bond donors (Lipinski definition) is 0. The Hall–Kier alpha value is -2.51. The highest BCUT2D eigenvalue weighted by Crippen LogP contribution is 2.39. The van der Waals surface area contributed by atoms with Gasteiger partial charge in [0.2, 0.25) is 5.91 Å². The molecule has 2 aliphatic rings. The van der Waals surface area contributed by atoms with Crippen LogP contribution in [0.2, 0.25) is 0 Å². The highest BCUT2D eigenvalue weighted by Gasteiger charge is 2.27. The molecule has 1 aromatic carbocycles. The second-order valence-corrected chi connectivity index (χ2v) is 9.42. The van der Waals surface area contributed by atoms with E-state index in [9.17, 15) is 4.79 Å². The van der Waals surface area contributed by atoms with Crippen LogP contribution in [0.25, 0.3) is 10.2 Å². The Labute approximate surface area is 186 Å². The topological polar surface area (TPSA) is 58.6 Å². The van der Waals surface area contributed by atoms with Gasteiger partial charge in [0, 0.05) is 31.1 Å². The molecule has 0 bridgehead atoms. The fourth-order valence-corrected chi connectivity index (χ4v) is 5.86. The molecule has 3 heterocycles. The van der Waals surface area contributed by atoms with Crippen molar-refractivity contribution in [3.05, 3.63) is 52.2 Å². The Morgan fingerprint density at radius 2 is 1.84 bits per heavy atom. The molecule has 0 unspecified atom stereocenters. The number of rotatable bonds is 5. The highest BCUT2D eigenvalue weighted by atomic mass is 32.1.